The minimum Gasteiger partial charge on any atom is -0.455 e. The Hall–Kier alpha value is -1.40. The van der Waals surface area contributed by atoms with Gasteiger partial charge in [-0.15, -0.1) is 11.8 Å². The monoisotopic (exact) mass is 403 g/mol. The number of esters is 1. The fourth-order valence-electron chi connectivity index (χ4n) is 1.66. The predicted molar refractivity (Wildman–Crippen MR) is 98.2 cm³/mol. The smallest absolute Gasteiger partial charge is 0.316 e. The van der Waals surface area contributed by atoms with E-state index in [0.29, 0.717) is 25.7 Å². The highest BCUT2D eigenvalue weighted by Gasteiger charge is 2.11. The first-order valence-corrected chi connectivity index (χ1v) is 8.85. The highest BCUT2D eigenvalue weighted by molar-refractivity contribution is 8.00. The number of carbonyl (C=O) groups is 2. The van der Waals surface area contributed by atoms with Crippen molar-refractivity contribution in [3.05, 3.63) is 57.5 Å². The molecule has 2 aromatic carbocycles. The van der Waals surface area contributed by atoms with Crippen LogP contribution in [0.2, 0.25) is 15.1 Å². The normalized spacial score (nSPS) is 10.3. The number of rotatable bonds is 6. The molecule has 0 aliphatic rings. The summed E-state index contributed by atoms with van der Waals surface area (Å²) >= 11 is 19.0. The Morgan fingerprint density at radius 2 is 1.79 bits per heavy atom. The van der Waals surface area contributed by atoms with Crippen molar-refractivity contribution >= 4 is 64.1 Å². The fourth-order valence-corrected chi connectivity index (χ4v) is 3.13. The summed E-state index contributed by atoms with van der Waals surface area (Å²) in [5.74, 6) is -0.994. The van der Waals surface area contributed by atoms with Crippen LogP contribution in [0.25, 0.3) is 0 Å². The molecule has 0 spiro atoms. The van der Waals surface area contributed by atoms with Gasteiger partial charge in [0.15, 0.2) is 6.61 Å². The Bertz CT molecular complexity index is 755. The number of carbonyl (C=O) groups excluding carboxylic acids is 2. The number of ether oxygens (including phenoxy) is 1. The second-order valence-corrected chi connectivity index (χ2v) is 6.82. The van der Waals surface area contributed by atoms with Gasteiger partial charge in [0.1, 0.15) is 0 Å². The van der Waals surface area contributed by atoms with E-state index in [0.717, 1.165) is 0 Å². The van der Waals surface area contributed by atoms with E-state index in [1.807, 2.05) is 0 Å². The number of nitrogens with one attached hydrogen (secondary N) is 1. The molecule has 2 rings (SSSR count). The summed E-state index contributed by atoms with van der Waals surface area (Å²) in [5.41, 5.74) is 0.459. The molecule has 0 saturated carbocycles. The lowest BCUT2D eigenvalue weighted by molar-refractivity contribution is -0.144. The third kappa shape index (κ3) is 5.91. The van der Waals surface area contributed by atoms with Gasteiger partial charge in [-0.05, 0) is 30.3 Å². The quantitative estimate of drug-likeness (QED) is 0.548. The molecular weight excluding hydrogens is 393 g/mol. The minimum atomic E-state index is -0.537. The average Bonchev–Trinajstić information content (AvgIpc) is 2.56. The number of thioether (sulfide) groups is 1. The zero-order valence-corrected chi connectivity index (χ0v) is 15.3. The summed E-state index contributed by atoms with van der Waals surface area (Å²) in [6.07, 6.45) is 0. The van der Waals surface area contributed by atoms with Crippen molar-refractivity contribution in [3.63, 3.8) is 0 Å². The van der Waals surface area contributed by atoms with Crippen molar-refractivity contribution in [2.45, 2.75) is 4.90 Å². The highest BCUT2D eigenvalue weighted by Crippen LogP contribution is 2.29. The number of anilines is 1. The van der Waals surface area contributed by atoms with Crippen molar-refractivity contribution in [2.75, 3.05) is 17.7 Å². The third-order valence-electron chi connectivity index (χ3n) is 2.75. The lowest BCUT2D eigenvalue weighted by Gasteiger charge is -2.08. The second kappa shape index (κ2) is 9.18. The van der Waals surface area contributed by atoms with Gasteiger partial charge in [0.25, 0.3) is 5.91 Å². The van der Waals surface area contributed by atoms with Gasteiger partial charge in [-0.25, -0.2) is 0 Å². The molecule has 0 aliphatic heterocycles. The van der Waals surface area contributed by atoms with Crippen molar-refractivity contribution in [1.82, 2.24) is 0 Å². The van der Waals surface area contributed by atoms with E-state index in [9.17, 15) is 9.59 Å². The SMILES string of the molecule is O=C(COC(=O)CSc1cc(Cl)ccc1Cl)Nc1ccccc1Cl. The van der Waals surface area contributed by atoms with E-state index in [1.165, 1.54) is 11.8 Å². The molecule has 0 heterocycles. The molecule has 0 radical (unpaired) electrons. The van der Waals surface area contributed by atoms with Gasteiger partial charge in [0.05, 0.1) is 21.5 Å². The van der Waals surface area contributed by atoms with Crippen LogP contribution in [0.3, 0.4) is 0 Å². The zero-order chi connectivity index (χ0) is 17.5. The maximum atomic E-state index is 11.7. The molecule has 4 nitrogen and oxygen atoms in total. The molecule has 8 heteroatoms. The van der Waals surface area contributed by atoms with E-state index in [4.69, 9.17) is 39.5 Å². The summed E-state index contributed by atoms with van der Waals surface area (Å²) in [4.78, 5) is 24.1. The van der Waals surface area contributed by atoms with Gasteiger partial charge >= 0.3 is 5.97 Å². The Labute approximate surface area is 158 Å². The van der Waals surface area contributed by atoms with Crippen LogP contribution >= 0.6 is 46.6 Å². The summed E-state index contributed by atoms with van der Waals surface area (Å²) in [6.45, 7) is -0.395. The summed E-state index contributed by atoms with van der Waals surface area (Å²) < 4.78 is 4.92. The molecule has 1 N–H and O–H groups in total. The fraction of sp³-hybridized carbons (Fsp3) is 0.125. The molecule has 1 amide bonds. The molecule has 0 bridgehead atoms. The van der Waals surface area contributed by atoms with Gasteiger partial charge in [0, 0.05) is 9.92 Å². The summed E-state index contributed by atoms with van der Waals surface area (Å²) in [5, 5.41) is 3.99. The Morgan fingerprint density at radius 3 is 2.54 bits per heavy atom. The van der Waals surface area contributed by atoms with Crippen LogP contribution in [0.1, 0.15) is 0 Å². The lowest BCUT2D eigenvalue weighted by Crippen LogP contribution is -2.21. The standard InChI is InChI=1S/C16H12Cl3NO3S/c17-10-5-6-12(19)14(7-10)24-9-16(22)23-8-15(21)20-13-4-2-1-3-11(13)18/h1-7H,8-9H2,(H,20,21). The van der Waals surface area contributed by atoms with Crippen LogP contribution < -0.4 is 5.32 Å². The molecule has 24 heavy (non-hydrogen) atoms. The number of hydrogen-bond acceptors (Lipinski definition) is 4. The molecule has 126 valence electrons. The number of hydrogen-bond donors (Lipinski definition) is 1. The molecular formula is C16H12Cl3NO3S. The average molecular weight is 405 g/mol. The minimum absolute atomic E-state index is 0.0133. The van der Waals surface area contributed by atoms with Crippen LogP contribution in [0.15, 0.2) is 47.4 Å². The Kier molecular flexibility index (Phi) is 7.24. The van der Waals surface area contributed by atoms with Crippen LogP contribution in [-0.2, 0) is 14.3 Å². The van der Waals surface area contributed by atoms with Gasteiger partial charge in [0.2, 0.25) is 0 Å². The first-order valence-electron chi connectivity index (χ1n) is 6.73. The van der Waals surface area contributed by atoms with Gasteiger partial charge in [-0.2, -0.15) is 0 Å². The second-order valence-electron chi connectivity index (χ2n) is 4.55. The first kappa shape index (κ1) is 18.9. The maximum Gasteiger partial charge on any atom is 0.316 e. The van der Waals surface area contributed by atoms with E-state index in [2.05, 4.69) is 5.32 Å². The zero-order valence-electron chi connectivity index (χ0n) is 12.2. The Morgan fingerprint density at radius 1 is 1.04 bits per heavy atom. The maximum absolute atomic E-state index is 11.7. The van der Waals surface area contributed by atoms with Crippen LogP contribution in [0, 0.1) is 0 Å². The highest BCUT2D eigenvalue weighted by atomic mass is 35.5. The van der Waals surface area contributed by atoms with Crippen molar-refractivity contribution < 1.29 is 14.3 Å². The summed E-state index contributed by atoms with van der Waals surface area (Å²) in [7, 11) is 0. The largest absolute Gasteiger partial charge is 0.455 e. The predicted octanol–water partition coefficient (Wildman–Crippen LogP) is 4.92. The van der Waals surface area contributed by atoms with Crippen molar-refractivity contribution in [1.29, 1.82) is 0 Å². The molecule has 0 saturated heterocycles. The summed E-state index contributed by atoms with van der Waals surface area (Å²) in [6, 6.07) is 11.7. The number of amides is 1. The Balaban J connectivity index is 1.77. The van der Waals surface area contributed by atoms with E-state index < -0.39 is 18.5 Å². The molecule has 0 unspecified atom stereocenters. The first-order chi connectivity index (χ1) is 11.5. The van der Waals surface area contributed by atoms with Crippen LogP contribution in [0.4, 0.5) is 5.69 Å². The molecule has 2 aromatic rings. The lowest BCUT2D eigenvalue weighted by atomic mass is 10.3. The van der Waals surface area contributed by atoms with Crippen molar-refractivity contribution in [3.8, 4) is 0 Å². The molecule has 0 aliphatic carbocycles. The van der Waals surface area contributed by atoms with Gasteiger partial charge in [-0.3, -0.25) is 9.59 Å². The third-order valence-corrected chi connectivity index (χ3v) is 4.79. The van der Waals surface area contributed by atoms with E-state index >= 15 is 0 Å². The number of para-hydroxylation sites is 1. The van der Waals surface area contributed by atoms with Crippen LogP contribution in [-0.4, -0.2) is 24.2 Å². The number of halogens is 3. The van der Waals surface area contributed by atoms with Crippen LogP contribution in [0.5, 0.6) is 0 Å². The van der Waals surface area contributed by atoms with E-state index in [1.54, 1.807) is 42.5 Å². The number of benzene rings is 2. The molecule has 0 fully saturated rings. The van der Waals surface area contributed by atoms with E-state index in [-0.39, 0.29) is 5.75 Å². The topological polar surface area (TPSA) is 55.4 Å². The molecule has 0 aromatic heterocycles. The van der Waals surface area contributed by atoms with Crippen molar-refractivity contribution in [2.24, 2.45) is 0 Å². The molecule has 0 atom stereocenters. The van der Waals surface area contributed by atoms with Gasteiger partial charge in [-0.1, -0.05) is 46.9 Å². The van der Waals surface area contributed by atoms with Gasteiger partial charge < -0.3 is 10.1 Å².